The van der Waals surface area contributed by atoms with Crippen LogP contribution in [0.2, 0.25) is 0 Å². The van der Waals surface area contributed by atoms with Crippen LogP contribution in [0.25, 0.3) is 0 Å². The molecule has 0 aliphatic heterocycles. The summed E-state index contributed by atoms with van der Waals surface area (Å²) in [5, 5.41) is 3.80. The van der Waals surface area contributed by atoms with Gasteiger partial charge in [-0.1, -0.05) is 92.8 Å². The molecule has 0 saturated heterocycles. The summed E-state index contributed by atoms with van der Waals surface area (Å²) in [6.45, 7) is 0.952. The van der Waals surface area contributed by atoms with Crippen molar-refractivity contribution in [2.24, 2.45) is 5.92 Å². The summed E-state index contributed by atoms with van der Waals surface area (Å²) in [7, 11) is 0. The Morgan fingerprint density at radius 1 is 0.818 bits per heavy atom. The summed E-state index contributed by atoms with van der Waals surface area (Å²) < 4.78 is 0. The molecule has 0 spiro atoms. The molecule has 1 aliphatic rings. The summed E-state index contributed by atoms with van der Waals surface area (Å²) in [5.41, 5.74) is 2.80. The topological polar surface area (TPSA) is 12.0 Å². The van der Waals surface area contributed by atoms with Crippen molar-refractivity contribution in [2.45, 2.75) is 51.1 Å². The summed E-state index contributed by atoms with van der Waals surface area (Å²) in [6.07, 6.45) is 8.38. The average Bonchev–Trinajstić information content (AvgIpc) is 2.61. The maximum Gasteiger partial charge on any atom is 0.0325 e. The van der Waals surface area contributed by atoms with E-state index in [0.717, 1.165) is 12.5 Å². The van der Waals surface area contributed by atoms with Gasteiger partial charge in [0.15, 0.2) is 0 Å². The van der Waals surface area contributed by atoms with Crippen LogP contribution in [0.1, 0.15) is 55.7 Å². The van der Waals surface area contributed by atoms with Crippen LogP contribution in [0.4, 0.5) is 0 Å². The zero-order valence-electron chi connectivity index (χ0n) is 13.4. The van der Waals surface area contributed by atoms with E-state index >= 15 is 0 Å². The van der Waals surface area contributed by atoms with Gasteiger partial charge in [0.1, 0.15) is 0 Å². The minimum atomic E-state index is 0.476. The molecule has 1 fully saturated rings. The highest BCUT2D eigenvalue weighted by Crippen LogP contribution is 2.32. The van der Waals surface area contributed by atoms with Crippen molar-refractivity contribution >= 4 is 0 Å². The van der Waals surface area contributed by atoms with Crippen LogP contribution in [0.3, 0.4) is 0 Å². The molecular weight excluding hydrogens is 266 g/mol. The Balaban J connectivity index is 1.65. The highest BCUT2D eigenvalue weighted by Gasteiger charge is 2.19. The van der Waals surface area contributed by atoms with Crippen LogP contribution >= 0.6 is 0 Å². The van der Waals surface area contributed by atoms with Crippen molar-refractivity contribution < 1.29 is 0 Å². The van der Waals surface area contributed by atoms with Crippen molar-refractivity contribution in [2.75, 3.05) is 0 Å². The fourth-order valence-electron chi connectivity index (χ4n) is 3.62. The maximum absolute atomic E-state index is 3.80. The van der Waals surface area contributed by atoms with Crippen LogP contribution in [0.5, 0.6) is 0 Å². The molecule has 1 saturated carbocycles. The first-order valence-electron chi connectivity index (χ1n) is 8.74. The lowest BCUT2D eigenvalue weighted by molar-refractivity contribution is 0.299. The molecule has 1 unspecified atom stereocenters. The van der Waals surface area contributed by atoms with E-state index in [0.29, 0.717) is 6.04 Å². The van der Waals surface area contributed by atoms with E-state index in [1.54, 1.807) is 0 Å². The van der Waals surface area contributed by atoms with Gasteiger partial charge in [-0.05, 0) is 23.5 Å². The molecule has 1 aliphatic carbocycles. The quantitative estimate of drug-likeness (QED) is 0.742. The highest BCUT2D eigenvalue weighted by molar-refractivity contribution is 5.20. The van der Waals surface area contributed by atoms with Gasteiger partial charge in [0.05, 0.1) is 0 Å². The van der Waals surface area contributed by atoms with Gasteiger partial charge in [0, 0.05) is 12.6 Å². The van der Waals surface area contributed by atoms with Gasteiger partial charge in [-0.2, -0.15) is 0 Å². The summed E-state index contributed by atoms with van der Waals surface area (Å²) >= 11 is 0. The number of benzene rings is 2. The number of rotatable bonds is 6. The van der Waals surface area contributed by atoms with E-state index < -0.39 is 0 Å². The number of nitrogens with one attached hydrogen (secondary N) is 1. The minimum absolute atomic E-state index is 0.476. The lowest BCUT2D eigenvalue weighted by atomic mass is 9.83. The van der Waals surface area contributed by atoms with Crippen molar-refractivity contribution in [3.63, 3.8) is 0 Å². The number of hydrogen-bond donors (Lipinski definition) is 1. The predicted octanol–water partition coefficient (Wildman–Crippen LogP) is 5.49. The van der Waals surface area contributed by atoms with Crippen LogP contribution < -0.4 is 5.32 Å². The molecule has 1 heteroatoms. The Morgan fingerprint density at radius 3 is 2.14 bits per heavy atom. The van der Waals surface area contributed by atoms with Gasteiger partial charge in [-0.15, -0.1) is 0 Å². The molecule has 1 N–H and O–H groups in total. The Morgan fingerprint density at radius 2 is 1.45 bits per heavy atom. The van der Waals surface area contributed by atoms with E-state index in [1.165, 1.54) is 49.7 Å². The second-order valence-corrected chi connectivity index (χ2v) is 6.57. The third-order valence-electron chi connectivity index (χ3n) is 4.89. The lowest BCUT2D eigenvalue weighted by Crippen LogP contribution is -2.24. The average molecular weight is 293 g/mol. The van der Waals surface area contributed by atoms with Crippen molar-refractivity contribution in [1.29, 1.82) is 0 Å². The molecule has 0 radical (unpaired) electrons. The van der Waals surface area contributed by atoms with Crippen molar-refractivity contribution in [1.82, 2.24) is 5.32 Å². The van der Waals surface area contributed by atoms with Crippen molar-refractivity contribution in [3.8, 4) is 0 Å². The second kappa shape index (κ2) is 8.14. The molecule has 2 aromatic rings. The molecule has 0 heterocycles. The summed E-state index contributed by atoms with van der Waals surface area (Å²) in [6, 6.07) is 22.2. The third-order valence-corrected chi connectivity index (χ3v) is 4.89. The standard InChI is InChI=1S/C21H27N/c1-4-10-18(11-5-1)16-21(20-14-8-3-9-15-20)22-17-19-12-6-2-7-13-19/h2-3,6-9,12-15,18,21-22H,1,4-5,10-11,16-17H2. The maximum atomic E-state index is 3.80. The van der Waals surface area contributed by atoms with E-state index in [9.17, 15) is 0 Å². The minimum Gasteiger partial charge on any atom is -0.306 e. The molecule has 116 valence electrons. The van der Waals surface area contributed by atoms with Gasteiger partial charge in [-0.25, -0.2) is 0 Å². The first-order chi connectivity index (χ1) is 10.9. The molecule has 1 nitrogen and oxygen atoms in total. The second-order valence-electron chi connectivity index (χ2n) is 6.57. The fraction of sp³-hybridized carbons (Fsp3) is 0.429. The normalized spacial score (nSPS) is 17.3. The zero-order valence-corrected chi connectivity index (χ0v) is 13.4. The molecule has 1 atom stereocenters. The first-order valence-corrected chi connectivity index (χ1v) is 8.74. The molecular formula is C21H27N. The van der Waals surface area contributed by atoms with E-state index in [2.05, 4.69) is 66.0 Å². The highest BCUT2D eigenvalue weighted by atomic mass is 14.9. The largest absolute Gasteiger partial charge is 0.306 e. The molecule has 0 amide bonds. The third kappa shape index (κ3) is 4.45. The molecule has 3 rings (SSSR count). The van der Waals surface area contributed by atoms with Gasteiger partial charge in [0.25, 0.3) is 0 Å². The van der Waals surface area contributed by atoms with Crippen LogP contribution in [-0.2, 0) is 6.54 Å². The zero-order chi connectivity index (χ0) is 15.0. The lowest BCUT2D eigenvalue weighted by Gasteiger charge is -2.27. The van der Waals surface area contributed by atoms with Crippen molar-refractivity contribution in [3.05, 3.63) is 71.8 Å². The van der Waals surface area contributed by atoms with Gasteiger partial charge >= 0.3 is 0 Å². The monoisotopic (exact) mass is 293 g/mol. The van der Waals surface area contributed by atoms with Gasteiger partial charge in [-0.3, -0.25) is 0 Å². The van der Waals surface area contributed by atoms with Crippen LogP contribution in [0, 0.1) is 5.92 Å². The smallest absolute Gasteiger partial charge is 0.0325 e. The molecule has 22 heavy (non-hydrogen) atoms. The summed E-state index contributed by atoms with van der Waals surface area (Å²) in [5.74, 6) is 0.891. The Kier molecular flexibility index (Phi) is 5.66. The Hall–Kier alpha value is -1.60. The summed E-state index contributed by atoms with van der Waals surface area (Å²) in [4.78, 5) is 0. The Bertz CT molecular complexity index is 528. The van der Waals surface area contributed by atoms with E-state index in [4.69, 9.17) is 0 Å². The number of hydrogen-bond acceptors (Lipinski definition) is 1. The van der Waals surface area contributed by atoms with E-state index in [-0.39, 0.29) is 0 Å². The molecule has 0 bridgehead atoms. The van der Waals surface area contributed by atoms with Crippen LogP contribution in [-0.4, -0.2) is 0 Å². The molecule has 0 aromatic heterocycles. The van der Waals surface area contributed by atoms with Gasteiger partial charge < -0.3 is 5.32 Å². The molecule has 2 aromatic carbocycles. The Labute approximate surface area is 134 Å². The van der Waals surface area contributed by atoms with E-state index in [1.807, 2.05) is 0 Å². The first kappa shape index (κ1) is 15.3. The SMILES string of the molecule is c1ccc(CNC(CC2CCCCC2)c2ccccc2)cc1. The van der Waals surface area contributed by atoms with Crippen LogP contribution in [0.15, 0.2) is 60.7 Å². The van der Waals surface area contributed by atoms with Gasteiger partial charge in [0.2, 0.25) is 0 Å². The predicted molar refractivity (Wildman–Crippen MR) is 93.7 cm³/mol. The fourth-order valence-corrected chi connectivity index (χ4v) is 3.62.